The fourth-order valence-electron chi connectivity index (χ4n) is 1.58. The molecule has 0 radical (unpaired) electrons. The van der Waals surface area contributed by atoms with Gasteiger partial charge in [0.1, 0.15) is 11.5 Å². The molecule has 0 saturated heterocycles. The maximum absolute atomic E-state index is 10.8. The largest absolute Gasteiger partial charge is 0.478 e. The molecule has 0 fully saturated rings. The van der Waals surface area contributed by atoms with E-state index >= 15 is 0 Å². The van der Waals surface area contributed by atoms with Crippen LogP contribution in [0.2, 0.25) is 0 Å². The van der Waals surface area contributed by atoms with Crippen molar-refractivity contribution in [2.45, 2.75) is 4.90 Å². The predicted molar refractivity (Wildman–Crippen MR) is 76.1 cm³/mol. The first-order valence-electron chi connectivity index (χ1n) is 5.55. The van der Waals surface area contributed by atoms with Crippen LogP contribution in [0.15, 0.2) is 47.4 Å². The van der Waals surface area contributed by atoms with E-state index in [4.69, 9.17) is 15.6 Å². The van der Waals surface area contributed by atoms with E-state index < -0.39 is 5.97 Å². The first-order chi connectivity index (χ1) is 9.10. The number of ether oxygens (including phenoxy) is 1. The van der Waals surface area contributed by atoms with Crippen LogP contribution in [0, 0.1) is 0 Å². The summed E-state index contributed by atoms with van der Waals surface area (Å²) in [7, 11) is 0. The minimum absolute atomic E-state index is 0.0741. The zero-order valence-electron chi connectivity index (χ0n) is 10.3. The Morgan fingerprint density at radius 2 is 1.79 bits per heavy atom. The van der Waals surface area contributed by atoms with Gasteiger partial charge in [0.25, 0.3) is 0 Å². The SMILES string of the molecule is CSc1ccc(Oc2ccc(C(=O)O)c(N)c2)cc1. The average molecular weight is 275 g/mol. The second-order valence-corrected chi connectivity index (χ2v) is 4.71. The van der Waals surface area contributed by atoms with Crippen molar-refractivity contribution in [3.63, 3.8) is 0 Å². The van der Waals surface area contributed by atoms with Crippen LogP contribution in [0.4, 0.5) is 5.69 Å². The number of aromatic carboxylic acids is 1. The summed E-state index contributed by atoms with van der Waals surface area (Å²) >= 11 is 1.65. The average Bonchev–Trinajstić information content (AvgIpc) is 2.39. The molecule has 19 heavy (non-hydrogen) atoms. The molecular weight excluding hydrogens is 262 g/mol. The van der Waals surface area contributed by atoms with Gasteiger partial charge in [-0.3, -0.25) is 0 Å². The fourth-order valence-corrected chi connectivity index (χ4v) is 1.99. The van der Waals surface area contributed by atoms with Crippen LogP contribution in [-0.2, 0) is 0 Å². The van der Waals surface area contributed by atoms with Crippen molar-refractivity contribution in [1.29, 1.82) is 0 Å². The second-order valence-electron chi connectivity index (χ2n) is 3.83. The maximum Gasteiger partial charge on any atom is 0.337 e. The van der Waals surface area contributed by atoms with E-state index in [1.807, 2.05) is 30.5 Å². The number of hydrogen-bond acceptors (Lipinski definition) is 4. The molecular formula is C14H13NO3S. The molecule has 5 heteroatoms. The standard InChI is InChI=1S/C14H13NO3S/c1-19-11-5-2-9(3-6-11)18-10-4-7-12(14(16)17)13(15)8-10/h2-8H,15H2,1H3,(H,16,17). The zero-order valence-corrected chi connectivity index (χ0v) is 11.1. The number of nitrogens with two attached hydrogens (primary N) is 1. The van der Waals surface area contributed by atoms with Crippen molar-refractivity contribution in [3.8, 4) is 11.5 Å². The van der Waals surface area contributed by atoms with Crippen molar-refractivity contribution < 1.29 is 14.6 Å². The van der Waals surface area contributed by atoms with Crippen LogP contribution in [0.5, 0.6) is 11.5 Å². The Labute approximate surface area is 115 Å². The smallest absolute Gasteiger partial charge is 0.337 e. The van der Waals surface area contributed by atoms with Crippen molar-refractivity contribution >= 4 is 23.4 Å². The van der Waals surface area contributed by atoms with Crippen LogP contribution in [0.3, 0.4) is 0 Å². The predicted octanol–water partition coefficient (Wildman–Crippen LogP) is 3.48. The first-order valence-corrected chi connectivity index (χ1v) is 6.77. The second kappa shape index (κ2) is 5.67. The van der Waals surface area contributed by atoms with Gasteiger partial charge in [-0.1, -0.05) is 0 Å². The van der Waals surface area contributed by atoms with Gasteiger partial charge in [-0.15, -0.1) is 11.8 Å². The molecule has 0 unspecified atom stereocenters. The highest BCUT2D eigenvalue weighted by atomic mass is 32.2. The topological polar surface area (TPSA) is 72.5 Å². The summed E-state index contributed by atoms with van der Waals surface area (Å²) in [6.45, 7) is 0. The molecule has 0 aliphatic carbocycles. The maximum atomic E-state index is 10.8. The number of nitrogen functional groups attached to an aromatic ring is 1. The van der Waals surface area contributed by atoms with E-state index in [9.17, 15) is 4.79 Å². The molecule has 2 aromatic rings. The van der Waals surface area contributed by atoms with Gasteiger partial charge in [0.05, 0.1) is 5.56 Å². The van der Waals surface area contributed by atoms with E-state index in [0.717, 1.165) is 4.90 Å². The lowest BCUT2D eigenvalue weighted by atomic mass is 10.2. The minimum Gasteiger partial charge on any atom is -0.478 e. The lowest BCUT2D eigenvalue weighted by Crippen LogP contribution is -2.02. The van der Waals surface area contributed by atoms with Gasteiger partial charge in [0.2, 0.25) is 0 Å². The molecule has 0 atom stereocenters. The molecule has 0 aliphatic heterocycles. The Balaban J connectivity index is 2.18. The van der Waals surface area contributed by atoms with E-state index in [0.29, 0.717) is 11.5 Å². The number of carbonyl (C=O) groups is 1. The molecule has 0 aromatic heterocycles. The third-order valence-corrected chi connectivity index (χ3v) is 3.29. The Kier molecular flexibility index (Phi) is 3.97. The fraction of sp³-hybridized carbons (Fsp3) is 0.0714. The number of rotatable bonds is 4. The Bertz CT molecular complexity index is 596. The lowest BCUT2D eigenvalue weighted by molar-refractivity contribution is 0.0698. The van der Waals surface area contributed by atoms with Crippen molar-refractivity contribution in [1.82, 2.24) is 0 Å². The monoisotopic (exact) mass is 275 g/mol. The summed E-state index contributed by atoms with van der Waals surface area (Å²) in [4.78, 5) is 12.0. The molecule has 0 spiro atoms. The van der Waals surface area contributed by atoms with Crippen LogP contribution < -0.4 is 10.5 Å². The van der Waals surface area contributed by atoms with Gasteiger partial charge >= 0.3 is 5.97 Å². The van der Waals surface area contributed by atoms with E-state index in [2.05, 4.69) is 0 Å². The third-order valence-electron chi connectivity index (χ3n) is 2.55. The number of carboxylic acid groups (broad SMARTS) is 1. The van der Waals surface area contributed by atoms with Gasteiger partial charge < -0.3 is 15.6 Å². The highest BCUT2D eigenvalue weighted by Crippen LogP contribution is 2.27. The lowest BCUT2D eigenvalue weighted by Gasteiger charge is -2.08. The minimum atomic E-state index is -1.05. The molecule has 4 nitrogen and oxygen atoms in total. The summed E-state index contributed by atoms with van der Waals surface area (Å²) in [6, 6.07) is 12.1. The molecule has 0 aliphatic rings. The highest BCUT2D eigenvalue weighted by Gasteiger charge is 2.08. The molecule has 98 valence electrons. The van der Waals surface area contributed by atoms with Gasteiger partial charge in [0, 0.05) is 16.6 Å². The van der Waals surface area contributed by atoms with Gasteiger partial charge in [-0.2, -0.15) is 0 Å². The number of carboxylic acids is 1. The third kappa shape index (κ3) is 3.20. The van der Waals surface area contributed by atoms with Crippen molar-refractivity contribution in [2.75, 3.05) is 12.0 Å². The molecule has 3 N–H and O–H groups in total. The summed E-state index contributed by atoms with van der Waals surface area (Å²) in [5.74, 6) is 0.146. The van der Waals surface area contributed by atoms with Crippen LogP contribution in [0.1, 0.15) is 10.4 Å². The number of hydrogen-bond donors (Lipinski definition) is 2. The van der Waals surface area contributed by atoms with Crippen molar-refractivity contribution in [3.05, 3.63) is 48.0 Å². The summed E-state index contributed by atoms with van der Waals surface area (Å²) in [6.07, 6.45) is 2.00. The quantitative estimate of drug-likeness (QED) is 0.660. The Hall–Kier alpha value is -2.14. The summed E-state index contributed by atoms with van der Waals surface area (Å²) in [5.41, 5.74) is 5.92. The van der Waals surface area contributed by atoms with Gasteiger partial charge in [-0.05, 0) is 42.7 Å². The zero-order chi connectivity index (χ0) is 13.8. The highest BCUT2D eigenvalue weighted by molar-refractivity contribution is 7.98. The molecule has 0 bridgehead atoms. The number of benzene rings is 2. The molecule has 0 saturated carbocycles. The Morgan fingerprint density at radius 1 is 1.16 bits per heavy atom. The molecule has 0 amide bonds. The van der Waals surface area contributed by atoms with E-state index in [1.165, 1.54) is 12.1 Å². The first kappa shape index (κ1) is 13.3. The number of anilines is 1. The van der Waals surface area contributed by atoms with Crippen LogP contribution >= 0.6 is 11.8 Å². The normalized spacial score (nSPS) is 10.2. The van der Waals surface area contributed by atoms with Gasteiger partial charge in [0.15, 0.2) is 0 Å². The van der Waals surface area contributed by atoms with Crippen molar-refractivity contribution in [2.24, 2.45) is 0 Å². The molecule has 2 rings (SSSR count). The molecule has 0 heterocycles. The molecule has 2 aromatic carbocycles. The van der Waals surface area contributed by atoms with Crippen LogP contribution in [0.25, 0.3) is 0 Å². The summed E-state index contributed by atoms with van der Waals surface area (Å²) < 4.78 is 5.61. The summed E-state index contributed by atoms with van der Waals surface area (Å²) in [5, 5.41) is 8.88. The number of thioether (sulfide) groups is 1. The van der Waals surface area contributed by atoms with Crippen LogP contribution in [-0.4, -0.2) is 17.3 Å². The van der Waals surface area contributed by atoms with E-state index in [-0.39, 0.29) is 11.3 Å². The Morgan fingerprint density at radius 3 is 2.32 bits per heavy atom. The van der Waals surface area contributed by atoms with Gasteiger partial charge in [-0.25, -0.2) is 4.79 Å². The van der Waals surface area contributed by atoms with E-state index in [1.54, 1.807) is 17.8 Å².